The van der Waals surface area contributed by atoms with Gasteiger partial charge in [-0.15, -0.1) is 0 Å². The lowest BCUT2D eigenvalue weighted by atomic mass is 10.2. The molecule has 2 aromatic rings. The molecule has 0 amide bonds. The van der Waals surface area contributed by atoms with Crippen LogP contribution in [0.1, 0.15) is 24.6 Å². The van der Waals surface area contributed by atoms with Crippen molar-refractivity contribution >= 4 is 8.81 Å². The summed E-state index contributed by atoms with van der Waals surface area (Å²) in [6.45, 7) is 4.27. The molecule has 0 radical (unpaired) electrons. The molecular weight excluding hydrogens is 325 g/mol. The highest BCUT2D eigenvalue weighted by atomic mass is 31.1. The van der Waals surface area contributed by atoms with E-state index in [0.717, 1.165) is 24.0 Å². The fraction of sp³-hybridized carbons (Fsp3) is 0.389. The summed E-state index contributed by atoms with van der Waals surface area (Å²) in [5.41, 5.74) is 1.80. The number of aromatic nitrogens is 1. The molecule has 1 aromatic carbocycles. The molecule has 6 heteroatoms. The van der Waals surface area contributed by atoms with Gasteiger partial charge in [0.2, 0.25) is 0 Å². The molecule has 0 aliphatic carbocycles. The molecule has 1 aromatic heterocycles. The van der Waals surface area contributed by atoms with Crippen LogP contribution in [-0.4, -0.2) is 28.8 Å². The van der Waals surface area contributed by atoms with Gasteiger partial charge in [0.1, 0.15) is 5.75 Å². The van der Waals surface area contributed by atoms with Crippen LogP contribution >= 0.6 is 8.81 Å². The first-order valence-electron chi connectivity index (χ1n) is 8.04. The molecule has 2 N–H and O–H groups in total. The zero-order valence-corrected chi connectivity index (χ0v) is 15.0. The highest BCUT2D eigenvalue weighted by Crippen LogP contribution is 2.15. The molecule has 24 heavy (non-hydrogen) atoms. The average Bonchev–Trinajstić information content (AvgIpc) is 2.57. The summed E-state index contributed by atoms with van der Waals surface area (Å²) in [5.74, 6) is 1.15. The summed E-state index contributed by atoms with van der Waals surface area (Å²) in [5, 5.41) is 0. The summed E-state index contributed by atoms with van der Waals surface area (Å²) in [7, 11) is -0.00577. The normalized spacial score (nSPS) is 12.5. The minimum atomic E-state index is -0.207. The molecular formula is C18H24NO4P. The molecule has 0 saturated carbocycles. The van der Waals surface area contributed by atoms with Crippen LogP contribution in [0.15, 0.2) is 41.2 Å². The average molecular weight is 349 g/mol. The van der Waals surface area contributed by atoms with Crippen molar-refractivity contribution < 1.29 is 14.4 Å². The van der Waals surface area contributed by atoms with Crippen molar-refractivity contribution in [2.45, 2.75) is 32.8 Å². The number of ether oxygens (including phenoxy) is 2. The molecule has 0 aliphatic heterocycles. The Hall–Kier alpha value is -1.84. The maximum absolute atomic E-state index is 11.8. The number of H-pyrrole nitrogens is 1. The minimum Gasteiger partial charge on any atom is -0.493 e. The van der Waals surface area contributed by atoms with E-state index >= 15 is 0 Å². The molecule has 1 heterocycles. The van der Waals surface area contributed by atoms with Crippen LogP contribution in [0.5, 0.6) is 11.5 Å². The first kappa shape index (κ1) is 18.5. The SMILES string of the molecule is Cc1ccc(OC(C)CCOc2ccc(CCPO)cc2)c(=O)[nH]1. The molecule has 0 aliphatic rings. The third kappa shape index (κ3) is 5.99. The van der Waals surface area contributed by atoms with Gasteiger partial charge < -0.3 is 19.4 Å². The molecule has 130 valence electrons. The number of hydrogen-bond donors (Lipinski definition) is 2. The molecule has 0 bridgehead atoms. The highest BCUT2D eigenvalue weighted by Gasteiger charge is 2.08. The summed E-state index contributed by atoms with van der Waals surface area (Å²) < 4.78 is 11.4. The molecule has 5 nitrogen and oxygen atoms in total. The third-order valence-corrected chi connectivity index (χ3v) is 4.06. The fourth-order valence-electron chi connectivity index (χ4n) is 2.22. The van der Waals surface area contributed by atoms with Crippen molar-refractivity contribution in [2.24, 2.45) is 0 Å². The van der Waals surface area contributed by atoms with Gasteiger partial charge >= 0.3 is 0 Å². The van der Waals surface area contributed by atoms with Crippen molar-refractivity contribution in [1.29, 1.82) is 0 Å². The van der Waals surface area contributed by atoms with Gasteiger partial charge in [0.25, 0.3) is 5.56 Å². The summed E-state index contributed by atoms with van der Waals surface area (Å²) >= 11 is 0. The Balaban J connectivity index is 1.75. The van der Waals surface area contributed by atoms with Gasteiger partial charge in [-0.25, -0.2) is 0 Å². The second-order valence-corrected chi connectivity index (χ2v) is 6.52. The van der Waals surface area contributed by atoms with Gasteiger partial charge in [-0.2, -0.15) is 0 Å². The largest absolute Gasteiger partial charge is 0.493 e. The van der Waals surface area contributed by atoms with E-state index in [1.165, 1.54) is 5.56 Å². The first-order valence-corrected chi connectivity index (χ1v) is 9.19. The Morgan fingerprint density at radius 3 is 2.62 bits per heavy atom. The van der Waals surface area contributed by atoms with Gasteiger partial charge in [0, 0.05) is 20.9 Å². The van der Waals surface area contributed by atoms with Crippen molar-refractivity contribution in [3.63, 3.8) is 0 Å². The van der Waals surface area contributed by atoms with Crippen molar-refractivity contribution in [2.75, 3.05) is 12.8 Å². The minimum absolute atomic E-state index is 0.00577. The van der Waals surface area contributed by atoms with Crippen LogP contribution in [0.3, 0.4) is 0 Å². The number of benzene rings is 1. The Bertz CT molecular complexity index is 684. The van der Waals surface area contributed by atoms with Crippen LogP contribution < -0.4 is 15.0 Å². The van der Waals surface area contributed by atoms with Gasteiger partial charge in [-0.05, 0) is 56.3 Å². The number of nitrogens with one attached hydrogen (secondary N) is 1. The second-order valence-electron chi connectivity index (χ2n) is 5.70. The maximum Gasteiger partial charge on any atom is 0.290 e. The van der Waals surface area contributed by atoms with Crippen LogP contribution in [-0.2, 0) is 6.42 Å². The van der Waals surface area contributed by atoms with Gasteiger partial charge in [0.15, 0.2) is 5.75 Å². The molecule has 2 rings (SSSR count). The number of hydrogen-bond acceptors (Lipinski definition) is 4. The van der Waals surface area contributed by atoms with E-state index in [-0.39, 0.29) is 20.5 Å². The van der Waals surface area contributed by atoms with E-state index in [0.29, 0.717) is 18.8 Å². The van der Waals surface area contributed by atoms with Crippen LogP contribution in [0.2, 0.25) is 0 Å². The lowest BCUT2D eigenvalue weighted by Crippen LogP contribution is -2.20. The first-order chi connectivity index (χ1) is 11.6. The zero-order valence-electron chi connectivity index (χ0n) is 14.0. The van der Waals surface area contributed by atoms with Crippen LogP contribution in [0, 0.1) is 6.92 Å². The van der Waals surface area contributed by atoms with Crippen LogP contribution in [0.25, 0.3) is 0 Å². The molecule has 0 spiro atoms. The number of pyridine rings is 1. The van der Waals surface area contributed by atoms with Gasteiger partial charge in [-0.3, -0.25) is 4.79 Å². The maximum atomic E-state index is 11.8. The van der Waals surface area contributed by atoms with E-state index in [4.69, 9.17) is 14.4 Å². The van der Waals surface area contributed by atoms with Crippen molar-refractivity contribution in [1.82, 2.24) is 4.98 Å². The third-order valence-electron chi connectivity index (χ3n) is 3.59. The van der Waals surface area contributed by atoms with Gasteiger partial charge in [0.05, 0.1) is 12.7 Å². The van der Waals surface area contributed by atoms with E-state index in [2.05, 4.69) is 4.98 Å². The summed E-state index contributed by atoms with van der Waals surface area (Å²) in [4.78, 5) is 23.3. The predicted molar refractivity (Wildman–Crippen MR) is 97.5 cm³/mol. The Kier molecular flexibility index (Phi) is 7.29. The quantitative estimate of drug-likeness (QED) is 0.683. The summed E-state index contributed by atoms with van der Waals surface area (Å²) in [6, 6.07) is 11.4. The second kappa shape index (κ2) is 9.45. The zero-order chi connectivity index (χ0) is 17.4. The smallest absolute Gasteiger partial charge is 0.290 e. The highest BCUT2D eigenvalue weighted by molar-refractivity contribution is 7.31. The topological polar surface area (TPSA) is 71.5 Å². The van der Waals surface area contributed by atoms with E-state index in [1.807, 2.05) is 44.2 Å². The van der Waals surface area contributed by atoms with Crippen LogP contribution in [0.4, 0.5) is 0 Å². The standard InChI is InChI=1S/C18H24NO4P/c1-13-3-8-17(18(20)19-13)23-14(2)9-11-22-16-6-4-15(5-7-16)10-12-24-21/h3-8,14,21,24H,9-12H2,1-2H3,(H,19,20). The van der Waals surface area contributed by atoms with E-state index < -0.39 is 0 Å². The van der Waals surface area contributed by atoms with Gasteiger partial charge in [-0.1, -0.05) is 12.1 Å². The lowest BCUT2D eigenvalue weighted by Gasteiger charge is -2.14. The lowest BCUT2D eigenvalue weighted by molar-refractivity contribution is 0.175. The predicted octanol–water partition coefficient (Wildman–Crippen LogP) is 3.05. The van der Waals surface area contributed by atoms with E-state index in [9.17, 15) is 4.79 Å². The van der Waals surface area contributed by atoms with Crippen molar-refractivity contribution in [3.8, 4) is 11.5 Å². The number of rotatable bonds is 9. The molecule has 2 atom stereocenters. The monoisotopic (exact) mass is 349 g/mol. The Morgan fingerprint density at radius 2 is 1.96 bits per heavy atom. The molecule has 0 fully saturated rings. The number of aromatic amines is 1. The van der Waals surface area contributed by atoms with Crippen molar-refractivity contribution in [3.05, 3.63) is 58.0 Å². The number of aryl methyl sites for hydroxylation is 2. The molecule has 2 unspecified atom stereocenters. The summed E-state index contributed by atoms with van der Waals surface area (Å²) in [6.07, 6.45) is 2.25. The molecule has 0 saturated heterocycles. The Morgan fingerprint density at radius 1 is 1.21 bits per heavy atom. The van der Waals surface area contributed by atoms with E-state index in [1.54, 1.807) is 6.07 Å². The Labute approximate surface area is 143 Å². The fourth-order valence-corrected chi connectivity index (χ4v) is 2.62.